The number of aliphatic hydroxyl groups excluding tert-OH is 1. The molecule has 0 bridgehead atoms. The highest BCUT2D eigenvalue weighted by molar-refractivity contribution is 5.97. The predicted molar refractivity (Wildman–Crippen MR) is 85.3 cm³/mol. The molecule has 1 aliphatic heterocycles. The number of nitrogens with zero attached hydrogens (tertiary/aromatic N) is 1. The standard InChI is InChI=1S/C17H24N2O3/c1-2-6-16(21)19-10-4-3-9-15(19)17(22)18-14-8-5-7-13(11-14)12-20/h5,7-8,11,15,20H,2-4,6,9-10,12H2,1H3,(H,18,22). The van der Waals surface area contributed by atoms with Crippen LogP contribution in [0.15, 0.2) is 24.3 Å². The molecule has 1 unspecified atom stereocenters. The maximum absolute atomic E-state index is 12.5. The van der Waals surface area contributed by atoms with Gasteiger partial charge < -0.3 is 15.3 Å². The summed E-state index contributed by atoms with van der Waals surface area (Å²) in [7, 11) is 0. The van der Waals surface area contributed by atoms with Crippen LogP contribution in [0.4, 0.5) is 5.69 Å². The van der Waals surface area contributed by atoms with Crippen LogP contribution in [0.3, 0.4) is 0 Å². The number of rotatable bonds is 5. The van der Waals surface area contributed by atoms with Gasteiger partial charge in [0.25, 0.3) is 0 Å². The number of amides is 2. The lowest BCUT2D eigenvalue weighted by atomic mass is 10.0. The Morgan fingerprint density at radius 1 is 1.36 bits per heavy atom. The van der Waals surface area contributed by atoms with E-state index in [1.54, 1.807) is 29.2 Å². The van der Waals surface area contributed by atoms with Crippen LogP contribution in [0.2, 0.25) is 0 Å². The third-order valence-corrected chi connectivity index (χ3v) is 3.97. The van der Waals surface area contributed by atoms with Crippen LogP contribution in [0, 0.1) is 0 Å². The predicted octanol–water partition coefficient (Wildman–Crippen LogP) is 2.30. The maximum atomic E-state index is 12.5. The molecule has 2 rings (SSSR count). The number of piperidine rings is 1. The van der Waals surface area contributed by atoms with E-state index in [0.717, 1.165) is 24.8 Å². The number of carbonyl (C=O) groups is 2. The molecule has 1 aromatic carbocycles. The molecular formula is C17H24N2O3. The van der Waals surface area contributed by atoms with Gasteiger partial charge in [-0.25, -0.2) is 0 Å². The average Bonchev–Trinajstić information content (AvgIpc) is 2.55. The molecule has 0 aromatic heterocycles. The van der Waals surface area contributed by atoms with Gasteiger partial charge >= 0.3 is 0 Å². The fraction of sp³-hybridized carbons (Fsp3) is 0.529. The molecule has 1 aromatic rings. The Morgan fingerprint density at radius 3 is 2.91 bits per heavy atom. The smallest absolute Gasteiger partial charge is 0.247 e. The fourth-order valence-electron chi connectivity index (χ4n) is 2.83. The summed E-state index contributed by atoms with van der Waals surface area (Å²) < 4.78 is 0. The largest absolute Gasteiger partial charge is 0.392 e. The zero-order valence-electron chi connectivity index (χ0n) is 13.0. The topological polar surface area (TPSA) is 69.6 Å². The first kappa shape index (κ1) is 16.5. The number of nitrogens with one attached hydrogen (secondary N) is 1. The molecule has 1 aliphatic rings. The second-order valence-corrected chi connectivity index (χ2v) is 5.70. The van der Waals surface area contributed by atoms with E-state index < -0.39 is 0 Å². The highest BCUT2D eigenvalue weighted by Gasteiger charge is 2.31. The number of carbonyl (C=O) groups excluding carboxylic acids is 2. The number of benzene rings is 1. The van der Waals surface area contributed by atoms with E-state index in [0.29, 0.717) is 25.1 Å². The fourth-order valence-corrected chi connectivity index (χ4v) is 2.83. The van der Waals surface area contributed by atoms with Gasteiger partial charge in [0.2, 0.25) is 11.8 Å². The van der Waals surface area contributed by atoms with Crippen LogP contribution in [0.25, 0.3) is 0 Å². The minimum Gasteiger partial charge on any atom is -0.392 e. The zero-order valence-corrected chi connectivity index (χ0v) is 13.0. The molecule has 120 valence electrons. The van der Waals surface area contributed by atoms with Crippen molar-refractivity contribution >= 4 is 17.5 Å². The van der Waals surface area contributed by atoms with Gasteiger partial charge in [0.15, 0.2) is 0 Å². The Balaban J connectivity index is 2.06. The highest BCUT2D eigenvalue weighted by atomic mass is 16.3. The summed E-state index contributed by atoms with van der Waals surface area (Å²) in [5.74, 6) is -0.0781. The molecular weight excluding hydrogens is 280 g/mol. The molecule has 0 spiro atoms. The Hall–Kier alpha value is -1.88. The van der Waals surface area contributed by atoms with Gasteiger partial charge in [-0.1, -0.05) is 19.1 Å². The van der Waals surface area contributed by atoms with Gasteiger partial charge in [0.1, 0.15) is 6.04 Å². The average molecular weight is 304 g/mol. The van der Waals surface area contributed by atoms with Crippen molar-refractivity contribution in [2.45, 2.75) is 51.7 Å². The van der Waals surface area contributed by atoms with E-state index in [2.05, 4.69) is 5.32 Å². The van der Waals surface area contributed by atoms with E-state index in [1.165, 1.54) is 0 Å². The monoisotopic (exact) mass is 304 g/mol. The van der Waals surface area contributed by atoms with Crippen LogP contribution in [0.1, 0.15) is 44.6 Å². The van der Waals surface area contributed by atoms with E-state index in [1.807, 2.05) is 6.92 Å². The summed E-state index contributed by atoms with van der Waals surface area (Å²) in [6, 6.07) is 6.75. The number of anilines is 1. The first-order valence-corrected chi connectivity index (χ1v) is 7.96. The normalized spacial score (nSPS) is 18.1. The van der Waals surface area contributed by atoms with Crippen LogP contribution < -0.4 is 5.32 Å². The van der Waals surface area contributed by atoms with Gasteiger partial charge in [0, 0.05) is 18.7 Å². The van der Waals surface area contributed by atoms with Crippen molar-refractivity contribution in [3.05, 3.63) is 29.8 Å². The van der Waals surface area contributed by atoms with Crippen molar-refractivity contribution in [2.24, 2.45) is 0 Å². The number of likely N-dealkylation sites (tertiary alicyclic amines) is 1. The summed E-state index contributed by atoms with van der Waals surface area (Å²) in [5.41, 5.74) is 1.41. The van der Waals surface area contributed by atoms with Crippen molar-refractivity contribution in [3.8, 4) is 0 Å². The van der Waals surface area contributed by atoms with E-state index in [9.17, 15) is 9.59 Å². The number of hydrogen-bond acceptors (Lipinski definition) is 3. The zero-order chi connectivity index (χ0) is 15.9. The second-order valence-electron chi connectivity index (χ2n) is 5.70. The molecule has 1 heterocycles. The second kappa shape index (κ2) is 7.94. The van der Waals surface area contributed by atoms with Crippen molar-refractivity contribution in [1.82, 2.24) is 4.90 Å². The van der Waals surface area contributed by atoms with Gasteiger partial charge in [-0.2, -0.15) is 0 Å². The molecule has 1 fully saturated rings. The van der Waals surface area contributed by atoms with Crippen LogP contribution in [0.5, 0.6) is 0 Å². The first-order chi connectivity index (χ1) is 10.7. The van der Waals surface area contributed by atoms with Crippen LogP contribution >= 0.6 is 0 Å². The van der Waals surface area contributed by atoms with Crippen molar-refractivity contribution in [1.29, 1.82) is 0 Å². The Kier molecular flexibility index (Phi) is 5.95. The summed E-state index contributed by atoms with van der Waals surface area (Å²) >= 11 is 0. The lowest BCUT2D eigenvalue weighted by Gasteiger charge is -2.34. The van der Waals surface area contributed by atoms with Crippen molar-refractivity contribution in [3.63, 3.8) is 0 Å². The van der Waals surface area contributed by atoms with Crippen LogP contribution in [-0.4, -0.2) is 34.4 Å². The quantitative estimate of drug-likeness (QED) is 0.877. The molecule has 5 heteroatoms. The summed E-state index contributed by atoms with van der Waals surface area (Å²) in [4.78, 5) is 26.4. The molecule has 2 N–H and O–H groups in total. The van der Waals surface area contributed by atoms with Gasteiger partial charge in [-0.05, 0) is 43.4 Å². The van der Waals surface area contributed by atoms with E-state index in [-0.39, 0.29) is 24.5 Å². The van der Waals surface area contributed by atoms with E-state index >= 15 is 0 Å². The molecule has 0 aliphatic carbocycles. The number of aliphatic hydroxyl groups is 1. The van der Waals surface area contributed by atoms with Crippen LogP contribution in [-0.2, 0) is 16.2 Å². The molecule has 1 saturated heterocycles. The Bertz CT molecular complexity index is 530. The first-order valence-electron chi connectivity index (χ1n) is 7.96. The molecule has 0 saturated carbocycles. The molecule has 2 amide bonds. The van der Waals surface area contributed by atoms with E-state index in [4.69, 9.17) is 5.11 Å². The SMILES string of the molecule is CCCC(=O)N1CCCCC1C(=O)Nc1cccc(CO)c1. The van der Waals surface area contributed by atoms with Crippen molar-refractivity contribution in [2.75, 3.05) is 11.9 Å². The van der Waals surface area contributed by atoms with Gasteiger partial charge in [0.05, 0.1) is 6.61 Å². The minimum absolute atomic E-state index is 0.0613. The minimum atomic E-state index is -0.384. The number of hydrogen-bond donors (Lipinski definition) is 2. The maximum Gasteiger partial charge on any atom is 0.247 e. The lowest BCUT2D eigenvalue weighted by Crippen LogP contribution is -2.49. The summed E-state index contributed by atoms with van der Waals surface area (Å²) in [6.07, 6.45) is 3.91. The van der Waals surface area contributed by atoms with Crippen molar-refractivity contribution < 1.29 is 14.7 Å². The third kappa shape index (κ3) is 4.07. The Morgan fingerprint density at radius 2 is 2.18 bits per heavy atom. The van der Waals surface area contributed by atoms with Gasteiger partial charge in [-0.15, -0.1) is 0 Å². The molecule has 0 radical (unpaired) electrons. The summed E-state index contributed by atoms with van der Waals surface area (Å²) in [6.45, 7) is 2.57. The van der Waals surface area contributed by atoms with Gasteiger partial charge in [-0.3, -0.25) is 9.59 Å². The molecule has 22 heavy (non-hydrogen) atoms. The third-order valence-electron chi connectivity index (χ3n) is 3.97. The molecule has 5 nitrogen and oxygen atoms in total. The summed E-state index contributed by atoms with van der Waals surface area (Å²) in [5, 5.41) is 12.0. The lowest BCUT2D eigenvalue weighted by molar-refractivity contribution is -0.140. The highest BCUT2D eigenvalue weighted by Crippen LogP contribution is 2.20. The molecule has 1 atom stereocenters. The Labute approximate surface area is 131 Å².